The van der Waals surface area contributed by atoms with Gasteiger partial charge in [0.1, 0.15) is 11.9 Å². The van der Waals surface area contributed by atoms with Gasteiger partial charge in [0, 0.05) is 12.5 Å². The zero-order valence-corrected chi connectivity index (χ0v) is 12.0. The molecule has 2 rings (SSSR count). The second-order valence-electron chi connectivity index (χ2n) is 4.53. The Labute approximate surface area is 106 Å². The number of likely N-dealkylation sites (N-methyl/N-ethyl adjacent to an activating group) is 1. The van der Waals surface area contributed by atoms with E-state index in [1.54, 1.807) is 0 Å². The van der Waals surface area contributed by atoms with Gasteiger partial charge < -0.3 is 9.64 Å². The van der Waals surface area contributed by atoms with Gasteiger partial charge in [-0.1, -0.05) is 26.8 Å². The van der Waals surface area contributed by atoms with Crippen LogP contribution in [-0.2, 0) is 4.74 Å². The quantitative estimate of drug-likeness (QED) is 0.691. The molecule has 2 heteroatoms. The summed E-state index contributed by atoms with van der Waals surface area (Å²) in [6.45, 7) is 10.6. The van der Waals surface area contributed by atoms with E-state index in [2.05, 4.69) is 37.9 Å². The molecule has 98 valence electrons. The van der Waals surface area contributed by atoms with E-state index in [-0.39, 0.29) is 0 Å². The highest BCUT2D eigenvalue weighted by atomic mass is 16.5. The van der Waals surface area contributed by atoms with Crippen LogP contribution in [0.1, 0.15) is 40.5 Å². The number of allylic oxidation sites excluding steroid dienone is 3. The monoisotopic (exact) mass is 237 g/mol. The van der Waals surface area contributed by atoms with Gasteiger partial charge in [0.05, 0.1) is 0 Å². The highest BCUT2D eigenvalue weighted by Crippen LogP contribution is 2.39. The molecular formula is C15H27NO. The Morgan fingerprint density at radius 3 is 2.71 bits per heavy atom. The van der Waals surface area contributed by atoms with Crippen LogP contribution < -0.4 is 0 Å². The average molecular weight is 237 g/mol. The van der Waals surface area contributed by atoms with E-state index in [0.717, 1.165) is 18.7 Å². The smallest absolute Gasteiger partial charge is 0.119 e. The molecule has 2 heterocycles. The average Bonchev–Trinajstić information content (AvgIpc) is 2.68. The molecule has 0 amide bonds. The van der Waals surface area contributed by atoms with Crippen molar-refractivity contribution in [3.8, 4) is 0 Å². The van der Waals surface area contributed by atoms with Crippen LogP contribution in [0.5, 0.6) is 0 Å². The Morgan fingerprint density at radius 2 is 2.12 bits per heavy atom. The molecular weight excluding hydrogens is 210 g/mol. The first-order chi connectivity index (χ1) is 8.26. The highest BCUT2D eigenvalue weighted by molar-refractivity contribution is 5.34. The third kappa shape index (κ3) is 3.12. The summed E-state index contributed by atoms with van der Waals surface area (Å²) in [6, 6.07) is 0. The maximum Gasteiger partial charge on any atom is 0.119 e. The van der Waals surface area contributed by atoms with Crippen molar-refractivity contribution < 1.29 is 4.74 Å². The molecule has 0 spiro atoms. The summed E-state index contributed by atoms with van der Waals surface area (Å²) in [6.07, 6.45) is 7.14. The number of likely N-dealkylation sites (tertiary alicyclic amines) is 1. The summed E-state index contributed by atoms with van der Waals surface area (Å²) in [5.41, 5.74) is 1.44. The van der Waals surface area contributed by atoms with Crippen LogP contribution in [0, 0.1) is 5.92 Å². The van der Waals surface area contributed by atoms with E-state index in [9.17, 15) is 0 Å². The SMILES string of the molecule is C/C=C1\C(=C/CC)O[C@@H]2CN(C)CCC12.CC. The lowest BCUT2D eigenvalue weighted by atomic mass is 9.88. The lowest BCUT2D eigenvalue weighted by molar-refractivity contribution is 0.0600. The molecule has 2 aliphatic rings. The third-order valence-corrected chi connectivity index (χ3v) is 3.43. The van der Waals surface area contributed by atoms with Gasteiger partial charge in [-0.3, -0.25) is 0 Å². The largest absolute Gasteiger partial charge is 0.489 e. The normalized spacial score (nSPS) is 33.0. The first-order valence-electron chi connectivity index (χ1n) is 6.98. The van der Waals surface area contributed by atoms with Gasteiger partial charge in [0.15, 0.2) is 0 Å². The molecule has 2 atom stereocenters. The molecule has 0 radical (unpaired) electrons. The summed E-state index contributed by atoms with van der Waals surface area (Å²) < 4.78 is 6.03. The number of hydrogen-bond donors (Lipinski definition) is 0. The van der Waals surface area contributed by atoms with E-state index in [1.165, 1.54) is 18.5 Å². The van der Waals surface area contributed by atoms with Crippen molar-refractivity contribution in [2.24, 2.45) is 5.92 Å². The predicted molar refractivity (Wildman–Crippen MR) is 74.0 cm³/mol. The van der Waals surface area contributed by atoms with Crippen LogP contribution in [0.3, 0.4) is 0 Å². The van der Waals surface area contributed by atoms with Gasteiger partial charge in [-0.25, -0.2) is 0 Å². The Hall–Kier alpha value is -0.760. The van der Waals surface area contributed by atoms with Gasteiger partial charge in [-0.15, -0.1) is 0 Å². The molecule has 0 saturated carbocycles. The van der Waals surface area contributed by atoms with E-state index in [0.29, 0.717) is 12.0 Å². The van der Waals surface area contributed by atoms with Crippen LogP contribution >= 0.6 is 0 Å². The minimum Gasteiger partial charge on any atom is -0.489 e. The molecule has 0 bridgehead atoms. The molecule has 0 aromatic heterocycles. The Balaban J connectivity index is 0.000000686. The van der Waals surface area contributed by atoms with Crippen molar-refractivity contribution in [1.82, 2.24) is 4.90 Å². The summed E-state index contributed by atoms with van der Waals surface area (Å²) in [5.74, 6) is 1.79. The zero-order valence-electron chi connectivity index (χ0n) is 12.0. The van der Waals surface area contributed by atoms with E-state index in [1.807, 2.05) is 13.8 Å². The summed E-state index contributed by atoms with van der Waals surface area (Å²) in [5, 5.41) is 0. The minimum absolute atomic E-state index is 0.396. The van der Waals surface area contributed by atoms with Gasteiger partial charge in [-0.2, -0.15) is 0 Å². The number of rotatable bonds is 1. The van der Waals surface area contributed by atoms with Crippen molar-refractivity contribution >= 4 is 0 Å². The lowest BCUT2D eigenvalue weighted by Gasteiger charge is -2.30. The molecule has 2 fully saturated rings. The molecule has 2 nitrogen and oxygen atoms in total. The van der Waals surface area contributed by atoms with Crippen molar-refractivity contribution in [2.75, 3.05) is 20.1 Å². The molecule has 17 heavy (non-hydrogen) atoms. The molecule has 0 aromatic carbocycles. The first-order valence-corrected chi connectivity index (χ1v) is 6.98. The van der Waals surface area contributed by atoms with Crippen LogP contribution in [0.25, 0.3) is 0 Å². The molecule has 0 aliphatic carbocycles. The molecule has 2 aliphatic heterocycles. The Morgan fingerprint density at radius 1 is 1.41 bits per heavy atom. The molecule has 1 unspecified atom stereocenters. The highest BCUT2D eigenvalue weighted by Gasteiger charge is 2.39. The molecule has 2 saturated heterocycles. The van der Waals surface area contributed by atoms with Crippen molar-refractivity contribution in [2.45, 2.75) is 46.6 Å². The standard InChI is InChI=1S/C13H21NO.C2H6/c1-4-6-12-10(5-2)11-7-8-14(3)9-13(11)15-12;1-2/h5-6,11,13H,4,7-9H2,1-3H3;1-2H3/b10-5-,12-6+;/t11?,13-;/m1./s1. The summed E-state index contributed by atoms with van der Waals surface area (Å²) in [4.78, 5) is 2.36. The van der Waals surface area contributed by atoms with Crippen LogP contribution in [0.2, 0.25) is 0 Å². The number of nitrogens with zero attached hydrogens (tertiary/aromatic N) is 1. The topological polar surface area (TPSA) is 12.5 Å². The fourth-order valence-corrected chi connectivity index (χ4v) is 2.67. The first kappa shape index (κ1) is 14.3. The zero-order chi connectivity index (χ0) is 12.8. The number of piperidine rings is 1. The predicted octanol–water partition coefficient (Wildman–Crippen LogP) is 3.60. The van der Waals surface area contributed by atoms with E-state index in [4.69, 9.17) is 4.74 Å². The molecule has 0 aromatic rings. The van der Waals surface area contributed by atoms with Crippen LogP contribution in [-0.4, -0.2) is 31.1 Å². The summed E-state index contributed by atoms with van der Waals surface area (Å²) in [7, 11) is 2.18. The maximum absolute atomic E-state index is 6.03. The van der Waals surface area contributed by atoms with Gasteiger partial charge in [0.2, 0.25) is 0 Å². The maximum atomic E-state index is 6.03. The second kappa shape index (κ2) is 6.85. The third-order valence-electron chi connectivity index (χ3n) is 3.43. The van der Waals surface area contributed by atoms with Crippen molar-refractivity contribution in [3.63, 3.8) is 0 Å². The second-order valence-corrected chi connectivity index (χ2v) is 4.53. The van der Waals surface area contributed by atoms with Gasteiger partial charge >= 0.3 is 0 Å². The minimum atomic E-state index is 0.396. The fourth-order valence-electron chi connectivity index (χ4n) is 2.67. The van der Waals surface area contributed by atoms with Gasteiger partial charge in [0.25, 0.3) is 0 Å². The Bertz CT molecular complexity index is 293. The number of ether oxygens (including phenoxy) is 1. The van der Waals surface area contributed by atoms with Crippen LogP contribution in [0.15, 0.2) is 23.5 Å². The summed E-state index contributed by atoms with van der Waals surface area (Å²) >= 11 is 0. The lowest BCUT2D eigenvalue weighted by Crippen LogP contribution is -2.40. The van der Waals surface area contributed by atoms with Crippen LogP contribution in [0.4, 0.5) is 0 Å². The fraction of sp³-hybridized carbons (Fsp3) is 0.733. The number of fused-ring (bicyclic) bond motifs is 1. The van der Waals surface area contributed by atoms with Gasteiger partial charge in [-0.05, 0) is 45.0 Å². The van der Waals surface area contributed by atoms with Crippen molar-refractivity contribution in [3.05, 3.63) is 23.5 Å². The van der Waals surface area contributed by atoms with E-state index >= 15 is 0 Å². The Kier molecular flexibility index (Phi) is 5.76. The molecule has 0 N–H and O–H groups in total. The van der Waals surface area contributed by atoms with Crippen molar-refractivity contribution in [1.29, 1.82) is 0 Å². The number of hydrogen-bond acceptors (Lipinski definition) is 2. The van der Waals surface area contributed by atoms with E-state index < -0.39 is 0 Å².